The molecular formula is C11H18N2O2. The van der Waals surface area contributed by atoms with Crippen molar-refractivity contribution in [2.45, 2.75) is 26.0 Å². The Balaban J connectivity index is 2.87. The van der Waals surface area contributed by atoms with Gasteiger partial charge in [0, 0.05) is 13.2 Å². The summed E-state index contributed by atoms with van der Waals surface area (Å²) in [7, 11) is 1.89. The minimum Gasteiger partial charge on any atom is -0.394 e. The standard InChI is InChI=1S/C11H18N2O2/c1-11(2,8-15)13(3)10-5-4-9(7-14)6-12-10/h4-6,14-15H,7-8H2,1-3H3. The average molecular weight is 210 g/mol. The van der Waals surface area contributed by atoms with Gasteiger partial charge in [-0.1, -0.05) is 6.07 Å². The van der Waals surface area contributed by atoms with Crippen LogP contribution >= 0.6 is 0 Å². The Morgan fingerprint density at radius 1 is 1.33 bits per heavy atom. The molecular weight excluding hydrogens is 192 g/mol. The zero-order valence-corrected chi connectivity index (χ0v) is 9.44. The topological polar surface area (TPSA) is 56.6 Å². The van der Waals surface area contributed by atoms with Crippen molar-refractivity contribution in [2.24, 2.45) is 0 Å². The van der Waals surface area contributed by atoms with Crippen molar-refractivity contribution in [1.29, 1.82) is 0 Å². The van der Waals surface area contributed by atoms with E-state index in [4.69, 9.17) is 5.11 Å². The smallest absolute Gasteiger partial charge is 0.128 e. The largest absolute Gasteiger partial charge is 0.394 e. The Bertz CT molecular complexity index is 309. The summed E-state index contributed by atoms with van der Waals surface area (Å²) in [6.45, 7) is 3.94. The Kier molecular flexibility index (Phi) is 3.66. The number of hydrogen-bond acceptors (Lipinski definition) is 4. The second kappa shape index (κ2) is 4.59. The number of aliphatic hydroxyl groups excluding tert-OH is 2. The summed E-state index contributed by atoms with van der Waals surface area (Å²) < 4.78 is 0. The third kappa shape index (κ3) is 2.67. The second-order valence-electron chi connectivity index (χ2n) is 4.21. The van der Waals surface area contributed by atoms with Crippen LogP contribution in [0.2, 0.25) is 0 Å². The molecule has 0 aromatic carbocycles. The first-order chi connectivity index (χ1) is 7.01. The molecule has 0 spiro atoms. The average Bonchev–Trinajstić information content (AvgIpc) is 2.28. The number of anilines is 1. The Labute approximate surface area is 90.2 Å². The summed E-state index contributed by atoms with van der Waals surface area (Å²) in [5.74, 6) is 0.784. The minimum atomic E-state index is -0.340. The van der Waals surface area contributed by atoms with Gasteiger partial charge in [-0.15, -0.1) is 0 Å². The quantitative estimate of drug-likeness (QED) is 0.771. The lowest BCUT2D eigenvalue weighted by Gasteiger charge is -2.34. The molecule has 0 atom stereocenters. The van der Waals surface area contributed by atoms with Gasteiger partial charge in [0.2, 0.25) is 0 Å². The molecule has 15 heavy (non-hydrogen) atoms. The Morgan fingerprint density at radius 3 is 2.40 bits per heavy atom. The van der Waals surface area contributed by atoms with Gasteiger partial charge in [-0.3, -0.25) is 0 Å². The van der Waals surface area contributed by atoms with Crippen molar-refractivity contribution < 1.29 is 10.2 Å². The lowest BCUT2D eigenvalue weighted by molar-refractivity contribution is 0.215. The summed E-state index contributed by atoms with van der Waals surface area (Å²) in [5, 5.41) is 18.1. The molecule has 0 aliphatic rings. The minimum absolute atomic E-state index is 0.000384. The maximum Gasteiger partial charge on any atom is 0.128 e. The fourth-order valence-corrected chi connectivity index (χ4v) is 1.12. The molecule has 0 aliphatic heterocycles. The van der Waals surface area contributed by atoms with Crippen molar-refractivity contribution in [3.8, 4) is 0 Å². The van der Waals surface area contributed by atoms with E-state index in [1.807, 2.05) is 37.9 Å². The number of aliphatic hydroxyl groups is 2. The molecule has 1 heterocycles. The maximum atomic E-state index is 9.22. The molecule has 1 rings (SSSR count). The van der Waals surface area contributed by atoms with Crippen LogP contribution in [0.4, 0.5) is 5.82 Å². The summed E-state index contributed by atoms with van der Waals surface area (Å²) in [6, 6.07) is 3.66. The Hall–Kier alpha value is -1.13. The molecule has 4 nitrogen and oxygen atoms in total. The first kappa shape index (κ1) is 11.9. The highest BCUT2D eigenvalue weighted by Gasteiger charge is 2.23. The van der Waals surface area contributed by atoms with Gasteiger partial charge < -0.3 is 15.1 Å². The zero-order valence-electron chi connectivity index (χ0n) is 9.44. The van der Waals surface area contributed by atoms with E-state index in [9.17, 15) is 5.11 Å². The lowest BCUT2D eigenvalue weighted by atomic mass is 10.1. The zero-order chi connectivity index (χ0) is 11.5. The number of likely N-dealkylation sites (N-methyl/N-ethyl adjacent to an activating group) is 1. The fraction of sp³-hybridized carbons (Fsp3) is 0.545. The summed E-state index contributed by atoms with van der Waals surface area (Å²) >= 11 is 0. The molecule has 4 heteroatoms. The predicted octanol–water partition coefficient (Wildman–Crippen LogP) is 0.781. The summed E-state index contributed by atoms with van der Waals surface area (Å²) in [4.78, 5) is 6.13. The molecule has 0 aliphatic carbocycles. The van der Waals surface area contributed by atoms with Crippen LogP contribution in [0.15, 0.2) is 18.3 Å². The van der Waals surface area contributed by atoms with Crippen LogP contribution in [0.1, 0.15) is 19.4 Å². The van der Waals surface area contributed by atoms with E-state index >= 15 is 0 Å². The van der Waals surface area contributed by atoms with E-state index in [1.165, 1.54) is 0 Å². The predicted molar refractivity (Wildman–Crippen MR) is 59.7 cm³/mol. The van der Waals surface area contributed by atoms with Crippen LogP contribution in [0.3, 0.4) is 0 Å². The van der Waals surface area contributed by atoms with Crippen molar-refractivity contribution in [2.75, 3.05) is 18.6 Å². The first-order valence-corrected chi connectivity index (χ1v) is 4.92. The highest BCUT2D eigenvalue weighted by atomic mass is 16.3. The molecule has 0 bridgehead atoms. The van der Waals surface area contributed by atoms with Crippen molar-refractivity contribution in [1.82, 2.24) is 4.98 Å². The van der Waals surface area contributed by atoms with Crippen molar-refractivity contribution >= 4 is 5.82 Å². The van der Waals surface area contributed by atoms with Crippen molar-refractivity contribution in [3.63, 3.8) is 0 Å². The highest BCUT2D eigenvalue weighted by molar-refractivity contribution is 5.41. The van der Waals surface area contributed by atoms with Gasteiger partial charge in [-0.2, -0.15) is 0 Å². The molecule has 84 valence electrons. The molecule has 1 aromatic rings. The van der Waals surface area contributed by atoms with E-state index in [1.54, 1.807) is 6.20 Å². The molecule has 0 radical (unpaired) electrons. The van der Waals surface area contributed by atoms with Gasteiger partial charge in [-0.05, 0) is 25.5 Å². The van der Waals surface area contributed by atoms with Gasteiger partial charge >= 0.3 is 0 Å². The van der Waals surface area contributed by atoms with E-state index in [-0.39, 0.29) is 18.8 Å². The fourth-order valence-electron chi connectivity index (χ4n) is 1.12. The van der Waals surface area contributed by atoms with Gasteiger partial charge in [-0.25, -0.2) is 4.98 Å². The van der Waals surface area contributed by atoms with Crippen LogP contribution in [0.5, 0.6) is 0 Å². The van der Waals surface area contributed by atoms with E-state index in [0.29, 0.717) is 0 Å². The normalized spacial score (nSPS) is 11.5. The number of rotatable bonds is 4. The third-order valence-electron chi connectivity index (χ3n) is 2.63. The van der Waals surface area contributed by atoms with E-state index in [2.05, 4.69) is 4.98 Å². The second-order valence-corrected chi connectivity index (χ2v) is 4.21. The number of nitrogens with zero attached hydrogens (tertiary/aromatic N) is 2. The molecule has 0 amide bonds. The van der Waals surface area contributed by atoms with Gasteiger partial charge in [0.1, 0.15) is 5.82 Å². The van der Waals surface area contributed by atoms with Crippen LogP contribution in [-0.4, -0.2) is 34.4 Å². The molecule has 1 aromatic heterocycles. The van der Waals surface area contributed by atoms with Gasteiger partial charge in [0.15, 0.2) is 0 Å². The van der Waals surface area contributed by atoms with Gasteiger partial charge in [0.05, 0.1) is 18.8 Å². The van der Waals surface area contributed by atoms with E-state index in [0.717, 1.165) is 11.4 Å². The monoisotopic (exact) mass is 210 g/mol. The number of aromatic nitrogens is 1. The van der Waals surface area contributed by atoms with E-state index < -0.39 is 0 Å². The van der Waals surface area contributed by atoms with Gasteiger partial charge in [0.25, 0.3) is 0 Å². The molecule has 2 N–H and O–H groups in total. The van der Waals surface area contributed by atoms with Crippen LogP contribution in [-0.2, 0) is 6.61 Å². The number of hydrogen-bond donors (Lipinski definition) is 2. The summed E-state index contributed by atoms with van der Waals surface area (Å²) in [6.07, 6.45) is 1.64. The third-order valence-corrected chi connectivity index (χ3v) is 2.63. The van der Waals surface area contributed by atoms with Crippen molar-refractivity contribution in [3.05, 3.63) is 23.9 Å². The first-order valence-electron chi connectivity index (χ1n) is 4.92. The highest BCUT2D eigenvalue weighted by Crippen LogP contribution is 2.19. The Morgan fingerprint density at radius 2 is 2.00 bits per heavy atom. The SMILES string of the molecule is CN(c1ccc(CO)cn1)C(C)(C)CO. The number of pyridine rings is 1. The molecule has 0 saturated carbocycles. The molecule has 0 fully saturated rings. The lowest BCUT2D eigenvalue weighted by Crippen LogP contribution is -2.44. The van der Waals surface area contributed by atoms with Crippen LogP contribution < -0.4 is 4.90 Å². The maximum absolute atomic E-state index is 9.22. The summed E-state index contributed by atoms with van der Waals surface area (Å²) in [5.41, 5.74) is 0.447. The van der Waals surface area contributed by atoms with Crippen LogP contribution in [0.25, 0.3) is 0 Å². The molecule has 0 unspecified atom stereocenters. The molecule has 0 saturated heterocycles. The van der Waals surface area contributed by atoms with Crippen LogP contribution in [0, 0.1) is 0 Å².